The van der Waals surface area contributed by atoms with Crippen LogP contribution in [0.2, 0.25) is 0 Å². The number of furan rings is 1. The van der Waals surface area contributed by atoms with Gasteiger partial charge >= 0.3 is 0 Å². The molecule has 4 aliphatic rings. The highest BCUT2D eigenvalue weighted by Crippen LogP contribution is 2.57. The van der Waals surface area contributed by atoms with Gasteiger partial charge in [0.1, 0.15) is 11.2 Å². The fourth-order valence-electron chi connectivity index (χ4n) is 9.89. The van der Waals surface area contributed by atoms with Crippen LogP contribution in [0.1, 0.15) is 48.4 Å². The number of rotatable bonds is 2. The van der Waals surface area contributed by atoms with E-state index in [1.807, 2.05) is 0 Å². The minimum atomic E-state index is -0.0491. The first-order chi connectivity index (χ1) is 24.5. The highest BCUT2D eigenvalue weighted by molar-refractivity contribution is 6.17. The predicted molar refractivity (Wildman–Crippen MR) is 212 cm³/mol. The Balaban J connectivity index is 1.09. The van der Waals surface area contributed by atoms with Gasteiger partial charge < -0.3 is 4.42 Å². The van der Waals surface area contributed by atoms with E-state index in [-0.39, 0.29) is 5.41 Å². The minimum absolute atomic E-state index is 0.0491. The third kappa shape index (κ3) is 3.84. The Morgan fingerprint density at radius 3 is 2.02 bits per heavy atom. The maximum Gasteiger partial charge on any atom is 0.136 e. The van der Waals surface area contributed by atoms with Gasteiger partial charge in [-0.05, 0) is 96.4 Å². The molecule has 0 saturated carbocycles. The summed E-state index contributed by atoms with van der Waals surface area (Å²) >= 11 is 0. The van der Waals surface area contributed by atoms with Crippen LogP contribution in [0.4, 0.5) is 0 Å². The summed E-state index contributed by atoms with van der Waals surface area (Å²) in [5, 5.41) is 10.3. The van der Waals surface area contributed by atoms with Gasteiger partial charge in [0.05, 0.1) is 0 Å². The van der Waals surface area contributed by atoms with Crippen molar-refractivity contribution in [3.63, 3.8) is 0 Å². The highest BCUT2D eigenvalue weighted by atomic mass is 16.3. The zero-order valence-corrected chi connectivity index (χ0v) is 28.3. The van der Waals surface area contributed by atoms with Gasteiger partial charge in [-0.15, -0.1) is 0 Å². The van der Waals surface area contributed by atoms with Crippen molar-refractivity contribution in [2.24, 2.45) is 11.8 Å². The van der Waals surface area contributed by atoms with Gasteiger partial charge in [0.2, 0.25) is 0 Å². The normalized spacial score (nSPS) is 21.8. The van der Waals surface area contributed by atoms with E-state index in [0.29, 0.717) is 17.8 Å². The molecule has 7 aromatic rings. The SMILES string of the molecule is CC1(C)C2=CC=C(c3c4ccccc4c(C4=CC=CC5C=CC=CC45)c4ccccc34)CC2c2cc3cc4c(cc3cc21)oc1ccccc14. The lowest BCUT2D eigenvalue weighted by atomic mass is 9.73. The summed E-state index contributed by atoms with van der Waals surface area (Å²) in [7, 11) is 0. The molecule has 11 rings (SSSR count). The van der Waals surface area contributed by atoms with Gasteiger partial charge in [-0.1, -0.05) is 147 Å². The molecule has 1 heteroatoms. The third-order valence-corrected chi connectivity index (χ3v) is 12.2. The molecule has 0 fully saturated rings. The molecule has 0 radical (unpaired) electrons. The van der Waals surface area contributed by atoms with E-state index in [1.165, 1.54) is 82.1 Å². The second-order valence-corrected chi connectivity index (χ2v) is 15.1. The van der Waals surface area contributed by atoms with Crippen LogP contribution in [0.15, 0.2) is 162 Å². The zero-order chi connectivity index (χ0) is 33.1. The predicted octanol–water partition coefficient (Wildman–Crippen LogP) is 13.1. The van der Waals surface area contributed by atoms with Gasteiger partial charge in [-0.2, -0.15) is 0 Å². The van der Waals surface area contributed by atoms with E-state index in [1.54, 1.807) is 0 Å². The first-order valence-electron chi connectivity index (χ1n) is 18.0. The van der Waals surface area contributed by atoms with Crippen molar-refractivity contribution in [3.05, 3.63) is 180 Å². The molecule has 3 atom stereocenters. The van der Waals surface area contributed by atoms with Crippen molar-refractivity contribution in [2.45, 2.75) is 31.6 Å². The Labute approximate surface area is 291 Å². The van der Waals surface area contributed by atoms with Crippen LogP contribution in [0.25, 0.3) is 65.4 Å². The van der Waals surface area contributed by atoms with E-state index in [9.17, 15) is 0 Å². The quantitative estimate of drug-likeness (QED) is 0.171. The van der Waals surface area contributed by atoms with Crippen LogP contribution in [0, 0.1) is 11.8 Å². The van der Waals surface area contributed by atoms with E-state index in [4.69, 9.17) is 4.42 Å². The Morgan fingerprint density at radius 1 is 0.580 bits per heavy atom. The van der Waals surface area contributed by atoms with Crippen molar-refractivity contribution in [3.8, 4) is 0 Å². The zero-order valence-electron chi connectivity index (χ0n) is 28.3. The largest absolute Gasteiger partial charge is 0.456 e. The average molecular weight is 641 g/mol. The third-order valence-electron chi connectivity index (χ3n) is 12.2. The van der Waals surface area contributed by atoms with E-state index in [0.717, 1.165) is 17.6 Å². The number of fused-ring (bicyclic) bond motifs is 10. The van der Waals surface area contributed by atoms with Gasteiger partial charge in [-0.25, -0.2) is 0 Å². The highest BCUT2D eigenvalue weighted by Gasteiger charge is 2.43. The van der Waals surface area contributed by atoms with Crippen LogP contribution in [0.3, 0.4) is 0 Å². The number of benzene rings is 6. The van der Waals surface area contributed by atoms with Gasteiger partial charge in [0.15, 0.2) is 0 Å². The summed E-state index contributed by atoms with van der Waals surface area (Å²) in [4.78, 5) is 0. The monoisotopic (exact) mass is 640 g/mol. The summed E-state index contributed by atoms with van der Waals surface area (Å²) in [6, 6.07) is 36.2. The van der Waals surface area contributed by atoms with E-state index < -0.39 is 0 Å². The lowest BCUT2D eigenvalue weighted by Crippen LogP contribution is -2.18. The molecule has 0 spiro atoms. The summed E-state index contributed by atoms with van der Waals surface area (Å²) < 4.78 is 6.30. The summed E-state index contributed by atoms with van der Waals surface area (Å²) in [6.07, 6.45) is 22.0. The molecule has 238 valence electrons. The molecule has 50 heavy (non-hydrogen) atoms. The molecule has 1 aromatic heterocycles. The van der Waals surface area contributed by atoms with Crippen molar-refractivity contribution >= 4 is 65.4 Å². The molecule has 3 unspecified atom stereocenters. The molecule has 0 bridgehead atoms. The van der Waals surface area contributed by atoms with Crippen molar-refractivity contribution in [1.29, 1.82) is 0 Å². The van der Waals surface area contributed by atoms with Crippen LogP contribution in [-0.2, 0) is 5.41 Å². The lowest BCUT2D eigenvalue weighted by Gasteiger charge is -2.31. The van der Waals surface area contributed by atoms with Crippen molar-refractivity contribution in [2.75, 3.05) is 0 Å². The number of para-hydroxylation sites is 1. The minimum Gasteiger partial charge on any atom is -0.456 e. The number of hydrogen-bond donors (Lipinski definition) is 0. The molecule has 1 heterocycles. The molecule has 0 amide bonds. The van der Waals surface area contributed by atoms with Crippen molar-refractivity contribution in [1.82, 2.24) is 0 Å². The maximum absolute atomic E-state index is 6.30. The van der Waals surface area contributed by atoms with E-state index in [2.05, 4.69) is 166 Å². The second-order valence-electron chi connectivity index (χ2n) is 15.1. The Kier molecular flexibility index (Phi) is 5.75. The van der Waals surface area contributed by atoms with Gasteiger partial charge in [0, 0.05) is 33.9 Å². The topological polar surface area (TPSA) is 13.1 Å². The van der Waals surface area contributed by atoms with E-state index >= 15 is 0 Å². The molecule has 0 saturated heterocycles. The van der Waals surface area contributed by atoms with Crippen LogP contribution < -0.4 is 0 Å². The number of allylic oxidation sites excluding steroid dienone is 12. The smallest absolute Gasteiger partial charge is 0.136 e. The molecular formula is C49H36O. The Hall–Kier alpha value is -5.66. The average Bonchev–Trinajstić information content (AvgIpc) is 3.62. The van der Waals surface area contributed by atoms with Crippen LogP contribution in [-0.4, -0.2) is 0 Å². The Bertz CT molecular complexity index is 2770. The molecule has 0 aliphatic heterocycles. The summed E-state index contributed by atoms with van der Waals surface area (Å²) in [5.74, 6) is 1.08. The number of hydrogen-bond acceptors (Lipinski definition) is 1. The molecule has 0 N–H and O–H groups in total. The first kappa shape index (κ1) is 28.2. The molecular weight excluding hydrogens is 605 g/mol. The fraction of sp³-hybridized carbons (Fsp3) is 0.143. The molecule has 6 aromatic carbocycles. The molecule has 4 aliphatic carbocycles. The Morgan fingerprint density at radius 2 is 1.24 bits per heavy atom. The van der Waals surface area contributed by atoms with Gasteiger partial charge in [0.25, 0.3) is 0 Å². The van der Waals surface area contributed by atoms with Crippen LogP contribution in [0.5, 0.6) is 0 Å². The lowest BCUT2D eigenvalue weighted by molar-refractivity contribution is 0.615. The maximum atomic E-state index is 6.30. The summed E-state index contributed by atoms with van der Waals surface area (Å²) in [5.41, 5.74) is 11.9. The van der Waals surface area contributed by atoms with Gasteiger partial charge in [-0.3, -0.25) is 0 Å². The fourth-order valence-corrected chi connectivity index (χ4v) is 9.89. The van der Waals surface area contributed by atoms with Crippen molar-refractivity contribution < 1.29 is 4.42 Å². The summed E-state index contributed by atoms with van der Waals surface area (Å²) in [6.45, 7) is 4.83. The first-order valence-corrected chi connectivity index (χ1v) is 18.0. The molecule has 1 nitrogen and oxygen atoms in total. The van der Waals surface area contributed by atoms with Crippen LogP contribution >= 0.6 is 0 Å². The standard InChI is InChI=1S/C49H36O/c1-49(2)43-23-22-30(24-40(43)41-25-31-26-42-34-15-9-10-21-45(34)50-46(42)28-32(31)27-44(41)49)47-36-16-5-7-18-38(36)48(39-19-8-6-17-37(39)47)35-20-11-13-29-12-3-4-14-33(29)35/h3-23,25-29,33,40H,24H2,1-2H3. The second kappa shape index (κ2) is 10.2.